The molecule has 0 saturated carbocycles. The number of carbonyl (C=O) groups excluding carboxylic acids is 1. The van der Waals surface area contributed by atoms with Crippen LogP contribution in [0.3, 0.4) is 0 Å². The van der Waals surface area contributed by atoms with Gasteiger partial charge in [0.25, 0.3) is 0 Å². The van der Waals surface area contributed by atoms with Crippen molar-refractivity contribution in [2.24, 2.45) is 0 Å². The largest absolute Gasteiger partial charge is 0.333 e. The Bertz CT molecular complexity index is 336. The van der Waals surface area contributed by atoms with Crippen molar-refractivity contribution in [1.29, 1.82) is 0 Å². The number of rotatable bonds is 2. The van der Waals surface area contributed by atoms with Gasteiger partial charge in [0.05, 0.1) is 0 Å². The molecule has 0 aliphatic carbocycles. The molecule has 1 atom stereocenters. The van der Waals surface area contributed by atoms with E-state index < -0.39 is 0 Å². The second kappa shape index (κ2) is 5.12. The van der Waals surface area contributed by atoms with E-state index in [1.165, 1.54) is 10.9 Å². The summed E-state index contributed by atoms with van der Waals surface area (Å²) in [7, 11) is 0. The van der Waals surface area contributed by atoms with E-state index in [-0.39, 0.29) is 12.1 Å². The summed E-state index contributed by atoms with van der Waals surface area (Å²) in [5, 5.41) is 3.03. The molecule has 5 heteroatoms. The number of piperidine rings is 1. The molecular weight excluding hydrogens is 204 g/mol. The Morgan fingerprint density at radius 1 is 1.62 bits per heavy atom. The molecular formula is C11H18N4O. The van der Waals surface area contributed by atoms with Crippen LogP contribution in [0.2, 0.25) is 0 Å². The number of imidazole rings is 1. The Hall–Kier alpha value is -1.36. The molecule has 0 aromatic carbocycles. The van der Waals surface area contributed by atoms with E-state index in [1.807, 2.05) is 0 Å². The van der Waals surface area contributed by atoms with Crippen LogP contribution >= 0.6 is 0 Å². The molecule has 2 heterocycles. The number of hydrogen-bond acceptors (Lipinski definition) is 3. The van der Waals surface area contributed by atoms with Gasteiger partial charge in [-0.1, -0.05) is 6.92 Å². The third kappa shape index (κ3) is 2.61. The molecule has 16 heavy (non-hydrogen) atoms. The average molecular weight is 222 g/mol. The Morgan fingerprint density at radius 2 is 2.50 bits per heavy atom. The van der Waals surface area contributed by atoms with Gasteiger partial charge in [-0.3, -0.25) is 4.57 Å². The number of nitrogens with zero attached hydrogens (tertiary/aromatic N) is 3. The molecule has 2 rings (SSSR count). The van der Waals surface area contributed by atoms with Gasteiger partial charge in [0.2, 0.25) is 0 Å². The van der Waals surface area contributed by atoms with Gasteiger partial charge in [0, 0.05) is 25.0 Å². The highest BCUT2D eigenvalue weighted by Gasteiger charge is 2.20. The first-order chi connectivity index (χ1) is 7.79. The van der Waals surface area contributed by atoms with E-state index in [0.717, 1.165) is 32.5 Å². The number of hydrogen-bond donors (Lipinski definition) is 1. The minimum Gasteiger partial charge on any atom is -0.333 e. The second-order valence-corrected chi connectivity index (χ2v) is 4.15. The normalized spacial score (nSPS) is 21.9. The monoisotopic (exact) mass is 222 g/mol. The summed E-state index contributed by atoms with van der Waals surface area (Å²) >= 11 is 0. The lowest BCUT2D eigenvalue weighted by Gasteiger charge is -2.32. The molecule has 1 aliphatic rings. The van der Waals surface area contributed by atoms with Crippen molar-refractivity contribution in [3.63, 3.8) is 0 Å². The topological polar surface area (TPSA) is 50.2 Å². The molecule has 1 saturated heterocycles. The van der Waals surface area contributed by atoms with E-state index in [1.54, 1.807) is 12.4 Å². The quantitative estimate of drug-likeness (QED) is 0.809. The Balaban J connectivity index is 1.87. The molecule has 0 spiro atoms. The van der Waals surface area contributed by atoms with Crippen LogP contribution in [0.25, 0.3) is 0 Å². The Morgan fingerprint density at radius 3 is 3.19 bits per heavy atom. The van der Waals surface area contributed by atoms with Crippen molar-refractivity contribution in [2.45, 2.75) is 25.8 Å². The van der Waals surface area contributed by atoms with Crippen molar-refractivity contribution in [2.75, 3.05) is 19.6 Å². The minimum absolute atomic E-state index is 0.0829. The number of likely N-dealkylation sites (N-methyl/N-ethyl adjacent to an activating group) is 1. The fraction of sp³-hybridized carbons (Fsp3) is 0.636. The lowest BCUT2D eigenvalue weighted by Crippen LogP contribution is -2.48. The predicted octanol–water partition coefficient (Wildman–Crippen LogP) is 0.925. The van der Waals surface area contributed by atoms with Gasteiger partial charge in [0.1, 0.15) is 6.33 Å². The maximum absolute atomic E-state index is 11.8. The first-order valence-corrected chi connectivity index (χ1v) is 5.80. The average Bonchev–Trinajstić information content (AvgIpc) is 2.83. The van der Waals surface area contributed by atoms with Crippen LogP contribution in [0, 0.1) is 0 Å². The fourth-order valence-corrected chi connectivity index (χ4v) is 2.09. The zero-order chi connectivity index (χ0) is 11.4. The summed E-state index contributed by atoms with van der Waals surface area (Å²) in [6, 6.07) is 0.184. The van der Waals surface area contributed by atoms with Crippen LogP contribution in [-0.4, -0.2) is 46.2 Å². The summed E-state index contributed by atoms with van der Waals surface area (Å²) in [6.07, 6.45) is 7.02. The molecule has 1 aromatic heterocycles. The molecule has 1 amide bonds. The lowest BCUT2D eigenvalue weighted by molar-refractivity contribution is 0.193. The molecule has 0 bridgehead atoms. The zero-order valence-electron chi connectivity index (χ0n) is 9.59. The lowest BCUT2D eigenvalue weighted by atomic mass is 10.1. The maximum atomic E-state index is 11.8. The Labute approximate surface area is 95.5 Å². The number of nitrogens with one attached hydrogen (secondary N) is 1. The fourth-order valence-electron chi connectivity index (χ4n) is 2.09. The number of amides is 1. The summed E-state index contributed by atoms with van der Waals surface area (Å²) in [5.74, 6) is 0. The van der Waals surface area contributed by atoms with Gasteiger partial charge >= 0.3 is 6.03 Å². The van der Waals surface area contributed by atoms with Crippen LogP contribution in [0.15, 0.2) is 18.7 Å². The molecule has 1 aliphatic heterocycles. The summed E-state index contributed by atoms with van der Waals surface area (Å²) in [4.78, 5) is 18.0. The van der Waals surface area contributed by atoms with Gasteiger partial charge in [-0.15, -0.1) is 0 Å². The van der Waals surface area contributed by atoms with Crippen LogP contribution in [0.1, 0.15) is 19.8 Å². The van der Waals surface area contributed by atoms with Gasteiger partial charge in [-0.2, -0.15) is 0 Å². The van der Waals surface area contributed by atoms with Crippen molar-refractivity contribution in [3.8, 4) is 0 Å². The van der Waals surface area contributed by atoms with E-state index in [4.69, 9.17) is 0 Å². The van der Waals surface area contributed by atoms with Gasteiger partial charge in [-0.05, 0) is 25.9 Å². The highest BCUT2D eigenvalue weighted by molar-refractivity contribution is 5.76. The standard InChI is InChI=1S/C11H18N4O/c1-2-14-6-3-4-10(8-14)13-11(16)15-7-5-12-9-15/h5,7,9-10H,2-4,6,8H2,1H3,(H,13,16). The van der Waals surface area contributed by atoms with Gasteiger partial charge < -0.3 is 10.2 Å². The summed E-state index contributed by atoms with van der Waals surface area (Å²) in [5.41, 5.74) is 0. The van der Waals surface area contributed by atoms with Crippen LogP contribution < -0.4 is 5.32 Å². The van der Waals surface area contributed by atoms with Crippen LogP contribution in [0.5, 0.6) is 0 Å². The first-order valence-electron chi connectivity index (χ1n) is 5.80. The van der Waals surface area contributed by atoms with Crippen LogP contribution in [-0.2, 0) is 0 Å². The first kappa shape index (κ1) is 11.1. The van der Waals surface area contributed by atoms with E-state index >= 15 is 0 Å². The predicted molar refractivity (Wildman–Crippen MR) is 61.3 cm³/mol. The molecule has 5 nitrogen and oxygen atoms in total. The molecule has 88 valence electrons. The van der Waals surface area contributed by atoms with Crippen molar-refractivity contribution >= 4 is 6.03 Å². The van der Waals surface area contributed by atoms with Crippen molar-refractivity contribution < 1.29 is 4.79 Å². The van der Waals surface area contributed by atoms with Crippen molar-refractivity contribution in [1.82, 2.24) is 19.8 Å². The molecule has 1 aromatic rings. The SMILES string of the molecule is CCN1CCCC(NC(=O)n2ccnc2)C1. The van der Waals surface area contributed by atoms with Gasteiger partial charge in [-0.25, -0.2) is 9.78 Å². The third-order valence-electron chi connectivity index (χ3n) is 3.02. The highest BCUT2D eigenvalue weighted by Crippen LogP contribution is 2.09. The zero-order valence-corrected chi connectivity index (χ0v) is 9.59. The smallest absolute Gasteiger partial charge is 0.327 e. The molecule has 1 fully saturated rings. The van der Waals surface area contributed by atoms with E-state index in [9.17, 15) is 4.79 Å². The third-order valence-corrected chi connectivity index (χ3v) is 3.02. The van der Waals surface area contributed by atoms with Crippen LogP contribution in [0.4, 0.5) is 4.79 Å². The molecule has 1 unspecified atom stereocenters. The maximum Gasteiger partial charge on any atom is 0.327 e. The van der Waals surface area contributed by atoms with E-state index in [0.29, 0.717) is 0 Å². The van der Waals surface area contributed by atoms with Gasteiger partial charge in [0.15, 0.2) is 0 Å². The van der Waals surface area contributed by atoms with E-state index in [2.05, 4.69) is 22.1 Å². The molecule has 0 radical (unpaired) electrons. The molecule has 1 N–H and O–H groups in total. The Kier molecular flexibility index (Phi) is 3.56. The highest BCUT2D eigenvalue weighted by atomic mass is 16.2. The summed E-state index contributed by atoms with van der Waals surface area (Å²) in [6.45, 7) is 5.31. The van der Waals surface area contributed by atoms with Crippen molar-refractivity contribution in [3.05, 3.63) is 18.7 Å². The number of likely N-dealkylation sites (tertiary alicyclic amines) is 1. The second-order valence-electron chi connectivity index (χ2n) is 4.15. The summed E-state index contributed by atoms with van der Waals surface area (Å²) < 4.78 is 1.48. The number of aromatic nitrogens is 2. The number of carbonyl (C=O) groups is 1. The minimum atomic E-state index is -0.0829.